The Labute approximate surface area is 105 Å². The summed E-state index contributed by atoms with van der Waals surface area (Å²) in [4.78, 5) is 25.3. The molecule has 0 aliphatic rings. The first kappa shape index (κ1) is 13.4. The highest BCUT2D eigenvalue weighted by Gasteiger charge is 2.21. The van der Waals surface area contributed by atoms with E-state index in [1.165, 1.54) is 12.1 Å². The van der Waals surface area contributed by atoms with E-state index in [0.717, 1.165) is 0 Å². The maximum Gasteiger partial charge on any atom is 0.240 e. The van der Waals surface area contributed by atoms with E-state index < -0.39 is 5.41 Å². The van der Waals surface area contributed by atoms with Gasteiger partial charge >= 0.3 is 0 Å². The molecule has 0 unspecified atom stereocenters. The number of halogens is 1. The molecule has 0 aliphatic heterocycles. The highest BCUT2D eigenvalue weighted by atomic mass is 35.5. The Kier molecular flexibility index (Phi) is 4.05. The molecule has 1 amide bonds. The van der Waals surface area contributed by atoms with Gasteiger partial charge in [-0.05, 0) is 18.2 Å². The summed E-state index contributed by atoms with van der Waals surface area (Å²) in [5.41, 5.74) is 0.401. The number of nitrogens with zero attached hydrogens (tertiary/aromatic N) is 1. The zero-order chi connectivity index (χ0) is 13.1. The summed E-state index contributed by atoms with van der Waals surface area (Å²) in [5, 5.41) is 3.04. The van der Waals surface area contributed by atoms with Crippen LogP contribution in [0.1, 0.15) is 20.8 Å². The van der Waals surface area contributed by atoms with Crippen molar-refractivity contribution in [1.29, 1.82) is 0 Å². The summed E-state index contributed by atoms with van der Waals surface area (Å²) >= 11 is 5.95. The van der Waals surface area contributed by atoms with Gasteiger partial charge in [0.25, 0.3) is 0 Å². The molecule has 90 valence electrons. The molecule has 1 N–H and O–H groups in total. The molecule has 1 aromatic rings. The minimum Gasteiger partial charge on any atom is -0.324 e. The van der Waals surface area contributed by atoms with Crippen molar-refractivity contribution in [2.45, 2.75) is 20.8 Å². The number of hydrogen-bond donors (Lipinski definition) is 1. The van der Waals surface area contributed by atoms with Gasteiger partial charge in [-0.25, -0.2) is 4.79 Å². The topological polar surface area (TPSA) is 58.5 Å². The number of carbonyl (C=O) groups excluding carboxylic acids is 2. The molecule has 5 heteroatoms. The molecular formula is C12H13ClN2O2. The second kappa shape index (κ2) is 5.13. The van der Waals surface area contributed by atoms with Crippen molar-refractivity contribution >= 4 is 35.0 Å². The lowest BCUT2D eigenvalue weighted by molar-refractivity contribution is -0.123. The van der Waals surface area contributed by atoms with Gasteiger partial charge in [-0.15, -0.1) is 0 Å². The van der Waals surface area contributed by atoms with Crippen LogP contribution in [-0.4, -0.2) is 12.0 Å². The number of isocyanates is 1. The fourth-order valence-electron chi connectivity index (χ4n) is 1.04. The quantitative estimate of drug-likeness (QED) is 0.649. The lowest BCUT2D eigenvalue weighted by Crippen LogP contribution is -2.27. The van der Waals surface area contributed by atoms with Crippen LogP contribution in [0.5, 0.6) is 0 Å². The van der Waals surface area contributed by atoms with Gasteiger partial charge in [0.15, 0.2) is 0 Å². The van der Waals surface area contributed by atoms with Crippen molar-refractivity contribution in [1.82, 2.24) is 0 Å². The zero-order valence-corrected chi connectivity index (χ0v) is 10.6. The molecule has 1 aromatic carbocycles. The van der Waals surface area contributed by atoms with Gasteiger partial charge in [-0.3, -0.25) is 4.79 Å². The largest absolute Gasteiger partial charge is 0.324 e. The van der Waals surface area contributed by atoms with Crippen LogP contribution in [-0.2, 0) is 9.59 Å². The SMILES string of the molecule is CC(C)(C)C(=O)Nc1ccc(N=C=O)cc1Cl. The molecule has 0 fully saturated rings. The third kappa shape index (κ3) is 3.70. The first-order valence-electron chi connectivity index (χ1n) is 5.03. The number of anilines is 1. The molecule has 4 nitrogen and oxygen atoms in total. The molecule has 0 saturated heterocycles. The standard InChI is InChI=1S/C12H13ClN2O2/c1-12(2,3)11(17)15-10-5-4-8(14-7-16)6-9(10)13/h4-6H,1-3H3,(H,15,17). The highest BCUT2D eigenvalue weighted by molar-refractivity contribution is 6.34. The van der Waals surface area contributed by atoms with E-state index >= 15 is 0 Å². The van der Waals surface area contributed by atoms with Crippen LogP contribution < -0.4 is 5.32 Å². The molecule has 1 rings (SSSR count). The van der Waals surface area contributed by atoms with Crippen LogP contribution in [0.4, 0.5) is 11.4 Å². The van der Waals surface area contributed by atoms with E-state index in [-0.39, 0.29) is 5.91 Å². The molecule has 0 saturated carbocycles. The Morgan fingerprint density at radius 3 is 2.53 bits per heavy atom. The second-order valence-corrected chi connectivity index (χ2v) is 4.98. The Balaban J connectivity index is 2.94. The number of amides is 1. The van der Waals surface area contributed by atoms with E-state index in [2.05, 4.69) is 10.3 Å². The van der Waals surface area contributed by atoms with Gasteiger partial charge in [0.05, 0.1) is 16.4 Å². The lowest BCUT2D eigenvalue weighted by atomic mass is 9.95. The molecule has 0 atom stereocenters. The molecule has 0 bridgehead atoms. The van der Waals surface area contributed by atoms with E-state index in [1.54, 1.807) is 32.9 Å². The van der Waals surface area contributed by atoms with E-state index in [9.17, 15) is 9.59 Å². The number of aliphatic imine (C=N–C) groups is 1. The van der Waals surface area contributed by atoms with Crippen molar-refractivity contribution in [2.75, 3.05) is 5.32 Å². The van der Waals surface area contributed by atoms with Gasteiger partial charge in [0, 0.05) is 5.41 Å². The van der Waals surface area contributed by atoms with Gasteiger partial charge in [-0.2, -0.15) is 4.99 Å². The Morgan fingerprint density at radius 2 is 2.06 bits per heavy atom. The van der Waals surface area contributed by atoms with Crippen molar-refractivity contribution in [3.05, 3.63) is 23.2 Å². The minimum absolute atomic E-state index is 0.133. The number of rotatable bonds is 2. The number of benzene rings is 1. The fraction of sp³-hybridized carbons (Fsp3) is 0.333. The van der Waals surface area contributed by atoms with Crippen molar-refractivity contribution in [2.24, 2.45) is 10.4 Å². The number of carbonyl (C=O) groups is 1. The predicted octanol–water partition coefficient (Wildman–Crippen LogP) is 3.29. The first-order chi connectivity index (χ1) is 7.84. The summed E-state index contributed by atoms with van der Waals surface area (Å²) in [5.74, 6) is -0.133. The van der Waals surface area contributed by atoms with Gasteiger partial charge in [0.1, 0.15) is 0 Å². The fourth-order valence-corrected chi connectivity index (χ4v) is 1.26. The smallest absolute Gasteiger partial charge is 0.240 e. The third-order valence-corrected chi connectivity index (χ3v) is 2.37. The van der Waals surface area contributed by atoms with Crippen LogP contribution in [0.3, 0.4) is 0 Å². The van der Waals surface area contributed by atoms with Crippen molar-refractivity contribution in [3.63, 3.8) is 0 Å². The summed E-state index contributed by atoms with van der Waals surface area (Å²) in [6.07, 6.45) is 1.42. The normalized spacial score (nSPS) is 10.6. The Morgan fingerprint density at radius 1 is 1.41 bits per heavy atom. The minimum atomic E-state index is -0.497. The van der Waals surface area contributed by atoms with E-state index in [0.29, 0.717) is 16.4 Å². The molecule has 0 aliphatic carbocycles. The van der Waals surface area contributed by atoms with Gasteiger partial charge in [0.2, 0.25) is 12.0 Å². The molecule has 0 spiro atoms. The maximum atomic E-state index is 11.7. The van der Waals surface area contributed by atoms with Crippen LogP contribution in [0.15, 0.2) is 23.2 Å². The summed E-state index contributed by atoms with van der Waals surface area (Å²) in [6, 6.07) is 4.67. The van der Waals surface area contributed by atoms with Crippen LogP contribution in [0.25, 0.3) is 0 Å². The Hall–Kier alpha value is -1.64. The molecular weight excluding hydrogens is 240 g/mol. The van der Waals surface area contributed by atoms with Crippen LogP contribution in [0, 0.1) is 5.41 Å². The van der Waals surface area contributed by atoms with Crippen molar-refractivity contribution < 1.29 is 9.59 Å². The summed E-state index contributed by atoms with van der Waals surface area (Å²) in [6.45, 7) is 5.42. The lowest BCUT2D eigenvalue weighted by Gasteiger charge is -2.18. The molecule has 0 heterocycles. The van der Waals surface area contributed by atoms with Gasteiger partial charge in [-0.1, -0.05) is 32.4 Å². The third-order valence-electron chi connectivity index (χ3n) is 2.06. The molecule has 0 radical (unpaired) electrons. The number of nitrogens with one attached hydrogen (secondary N) is 1. The zero-order valence-electron chi connectivity index (χ0n) is 9.87. The maximum absolute atomic E-state index is 11.7. The van der Waals surface area contributed by atoms with Crippen molar-refractivity contribution in [3.8, 4) is 0 Å². The Bertz CT molecular complexity index is 486. The van der Waals surface area contributed by atoms with Crippen LogP contribution >= 0.6 is 11.6 Å². The average Bonchev–Trinajstić information content (AvgIpc) is 2.21. The summed E-state index contributed by atoms with van der Waals surface area (Å²) < 4.78 is 0. The second-order valence-electron chi connectivity index (χ2n) is 4.57. The first-order valence-corrected chi connectivity index (χ1v) is 5.41. The molecule has 17 heavy (non-hydrogen) atoms. The predicted molar refractivity (Wildman–Crippen MR) is 67.3 cm³/mol. The summed E-state index contributed by atoms with van der Waals surface area (Å²) in [7, 11) is 0. The highest BCUT2D eigenvalue weighted by Crippen LogP contribution is 2.28. The van der Waals surface area contributed by atoms with Gasteiger partial charge < -0.3 is 5.32 Å². The monoisotopic (exact) mass is 252 g/mol. The molecule has 0 aromatic heterocycles. The number of hydrogen-bond acceptors (Lipinski definition) is 3. The van der Waals surface area contributed by atoms with E-state index in [4.69, 9.17) is 11.6 Å². The average molecular weight is 253 g/mol. The van der Waals surface area contributed by atoms with E-state index in [1.807, 2.05) is 0 Å². The van der Waals surface area contributed by atoms with Crippen LogP contribution in [0.2, 0.25) is 5.02 Å².